The number of carbonyl (C=O) groups is 1. The van der Waals surface area contributed by atoms with Gasteiger partial charge in [-0.15, -0.1) is 0 Å². The van der Waals surface area contributed by atoms with Crippen molar-refractivity contribution in [2.24, 2.45) is 0 Å². The number of hydrogen-bond donors (Lipinski definition) is 2. The summed E-state index contributed by atoms with van der Waals surface area (Å²) in [6, 6.07) is 6.11. The van der Waals surface area contributed by atoms with Crippen LogP contribution in [0.2, 0.25) is 0 Å². The molecule has 2 N–H and O–H groups in total. The van der Waals surface area contributed by atoms with Crippen LogP contribution in [-0.4, -0.2) is 22.2 Å². The maximum atomic E-state index is 12.7. The van der Waals surface area contributed by atoms with Crippen LogP contribution >= 0.6 is 0 Å². The number of carbonyl (C=O) groups excluding carboxylic acids is 1. The van der Waals surface area contributed by atoms with Crippen molar-refractivity contribution in [2.45, 2.75) is 51.7 Å². The number of hydrogen-bond acceptors (Lipinski definition) is 2. The second kappa shape index (κ2) is 5.70. The Morgan fingerprint density at radius 1 is 1.21 bits per heavy atom. The smallest absolute Gasteiger partial charge is 0.220 e. The molecule has 0 aromatic heterocycles. The Hall–Kier alpha value is -1.42. The number of nitrogens with one attached hydrogen (secondary N) is 1. The number of rotatable bonds is 5. The zero-order chi connectivity index (χ0) is 14.7. The van der Waals surface area contributed by atoms with Crippen molar-refractivity contribution in [3.05, 3.63) is 35.6 Å². The molecule has 0 bridgehead atoms. The first-order chi connectivity index (χ1) is 8.62. The van der Waals surface area contributed by atoms with Crippen LogP contribution in [0.5, 0.6) is 0 Å². The Bertz CT molecular complexity index is 432. The normalized spacial score (nSPS) is 12.3. The van der Waals surface area contributed by atoms with E-state index in [9.17, 15) is 14.3 Å². The molecule has 1 aromatic rings. The lowest BCUT2D eigenvalue weighted by Gasteiger charge is -2.38. The van der Waals surface area contributed by atoms with Gasteiger partial charge < -0.3 is 10.4 Å². The molecule has 0 saturated carbocycles. The highest BCUT2D eigenvalue weighted by atomic mass is 19.1. The zero-order valence-electron chi connectivity index (χ0n) is 12.0. The predicted octanol–water partition coefficient (Wildman–Crippen LogP) is 2.42. The number of halogens is 1. The van der Waals surface area contributed by atoms with Crippen LogP contribution in [0, 0.1) is 5.82 Å². The van der Waals surface area contributed by atoms with E-state index in [4.69, 9.17) is 0 Å². The van der Waals surface area contributed by atoms with Gasteiger partial charge in [-0.1, -0.05) is 12.1 Å². The average molecular weight is 267 g/mol. The molecule has 19 heavy (non-hydrogen) atoms. The minimum absolute atomic E-state index is 0.128. The number of amides is 1. The highest BCUT2D eigenvalue weighted by Gasteiger charge is 2.36. The summed E-state index contributed by atoms with van der Waals surface area (Å²) in [5, 5.41) is 12.8. The summed E-state index contributed by atoms with van der Waals surface area (Å²) in [7, 11) is 0. The van der Waals surface area contributed by atoms with Crippen molar-refractivity contribution in [3.8, 4) is 0 Å². The van der Waals surface area contributed by atoms with Crippen molar-refractivity contribution < 1.29 is 14.3 Å². The first-order valence-corrected chi connectivity index (χ1v) is 6.40. The molecule has 0 heterocycles. The van der Waals surface area contributed by atoms with Crippen LogP contribution < -0.4 is 5.32 Å². The zero-order valence-corrected chi connectivity index (χ0v) is 12.0. The Morgan fingerprint density at radius 2 is 1.74 bits per heavy atom. The summed E-state index contributed by atoms with van der Waals surface area (Å²) < 4.78 is 12.7. The Balaban J connectivity index is 2.51. The second-order valence-electron chi connectivity index (χ2n) is 5.86. The van der Waals surface area contributed by atoms with Crippen LogP contribution in [-0.2, 0) is 11.2 Å². The fourth-order valence-electron chi connectivity index (χ4n) is 1.47. The van der Waals surface area contributed by atoms with E-state index < -0.39 is 11.1 Å². The molecule has 0 radical (unpaired) electrons. The highest BCUT2D eigenvalue weighted by Crippen LogP contribution is 2.20. The van der Waals surface area contributed by atoms with Crippen molar-refractivity contribution >= 4 is 5.91 Å². The minimum Gasteiger partial charge on any atom is -0.388 e. The van der Waals surface area contributed by atoms with Crippen LogP contribution in [0.1, 0.15) is 39.7 Å². The Labute approximate surface area is 113 Å². The van der Waals surface area contributed by atoms with Gasteiger partial charge in [-0.2, -0.15) is 0 Å². The summed E-state index contributed by atoms with van der Waals surface area (Å²) in [4.78, 5) is 11.8. The Morgan fingerprint density at radius 3 is 2.21 bits per heavy atom. The maximum absolute atomic E-state index is 12.7. The molecule has 0 unspecified atom stereocenters. The third kappa shape index (κ3) is 4.63. The van der Waals surface area contributed by atoms with E-state index in [0.29, 0.717) is 12.8 Å². The second-order valence-corrected chi connectivity index (χ2v) is 5.86. The van der Waals surface area contributed by atoms with Crippen LogP contribution in [0.4, 0.5) is 4.39 Å². The quantitative estimate of drug-likeness (QED) is 0.860. The van der Waals surface area contributed by atoms with E-state index in [1.54, 1.807) is 39.8 Å². The maximum Gasteiger partial charge on any atom is 0.220 e. The van der Waals surface area contributed by atoms with Crippen LogP contribution in [0.3, 0.4) is 0 Å². The van der Waals surface area contributed by atoms with Crippen molar-refractivity contribution in [2.75, 3.05) is 0 Å². The third-order valence-corrected chi connectivity index (χ3v) is 3.54. The SMILES string of the molecule is CC(C)(O)C(C)(C)NC(=O)CCc1ccc(F)cc1. The molecule has 0 fully saturated rings. The monoisotopic (exact) mass is 267 g/mol. The number of aliphatic hydroxyl groups is 1. The van der Waals surface area contributed by atoms with Gasteiger partial charge in [0.2, 0.25) is 5.91 Å². The molecular formula is C15H22FNO2. The summed E-state index contributed by atoms with van der Waals surface area (Å²) in [5.74, 6) is -0.409. The lowest BCUT2D eigenvalue weighted by molar-refractivity contribution is -0.126. The lowest BCUT2D eigenvalue weighted by Crippen LogP contribution is -2.57. The third-order valence-electron chi connectivity index (χ3n) is 3.54. The first kappa shape index (κ1) is 15.6. The molecule has 0 aliphatic carbocycles. The van der Waals surface area contributed by atoms with Gasteiger partial charge in [0.05, 0.1) is 11.1 Å². The summed E-state index contributed by atoms with van der Waals surface area (Å²) in [6.45, 7) is 6.88. The van der Waals surface area contributed by atoms with Crippen LogP contribution in [0.25, 0.3) is 0 Å². The largest absolute Gasteiger partial charge is 0.388 e. The summed E-state index contributed by atoms with van der Waals surface area (Å²) in [6.07, 6.45) is 0.860. The highest BCUT2D eigenvalue weighted by molar-refractivity contribution is 5.77. The topological polar surface area (TPSA) is 49.3 Å². The van der Waals surface area contributed by atoms with Crippen molar-refractivity contribution in [3.63, 3.8) is 0 Å². The van der Waals surface area contributed by atoms with E-state index in [2.05, 4.69) is 5.32 Å². The molecular weight excluding hydrogens is 245 g/mol. The van der Waals surface area contributed by atoms with Gasteiger partial charge in [-0.3, -0.25) is 4.79 Å². The summed E-state index contributed by atoms with van der Waals surface area (Å²) in [5.41, 5.74) is -0.789. The molecule has 4 heteroatoms. The van der Waals surface area contributed by atoms with Gasteiger partial charge in [-0.25, -0.2) is 4.39 Å². The van der Waals surface area contributed by atoms with Crippen LogP contribution in [0.15, 0.2) is 24.3 Å². The fourth-order valence-corrected chi connectivity index (χ4v) is 1.47. The standard InChI is InChI=1S/C15H22FNO2/c1-14(2,15(3,4)19)17-13(18)10-7-11-5-8-12(16)9-6-11/h5-6,8-9,19H,7,10H2,1-4H3,(H,17,18). The van der Waals surface area contributed by atoms with Gasteiger partial charge in [0.15, 0.2) is 0 Å². The van der Waals surface area contributed by atoms with Gasteiger partial charge >= 0.3 is 0 Å². The number of benzene rings is 1. The Kier molecular flexibility index (Phi) is 4.69. The number of aryl methyl sites for hydroxylation is 1. The van der Waals surface area contributed by atoms with E-state index in [1.807, 2.05) is 0 Å². The molecule has 0 aliphatic rings. The molecule has 1 rings (SSSR count). The predicted molar refractivity (Wildman–Crippen MR) is 73.2 cm³/mol. The molecule has 0 spiro atoms. The average Bonchev–Trinajstić information content (AvgIpc) is 2.26. The molecule has 106 valence electrons. The van der Waals surface area contributed by atoms with Gasteiger partial charge in [0, 0.05) is 6.42 Å². The van der Waals surface area contributed by atoms with Gasteiger partial charge in [0.25, 0.3) is 0 Å². The fraction of sp³-hybridized carbons (Fsp3) is 0.533. The first-order valence-electron chi connectivity index (χ1n) is 6.40. The molecule has 0 aliphatic heterocycles. The van der Waals surface area contributed by atoms with Gasteiger partial charge in [-0.05, 0) is 51.8 Å². The minimum atomic E-state index is -1.00. The van der Waals surface area contributed by atoms with Crippen molar-refractivity contribution in [1.29, 1.82) is 0 Å². The van der Waals surface area contributed by atoms with E-state index in [-0.39, 0.29) is 11.7 Å². The van der Waals surface area contributed by atoms with E-state index in [0.717, 1.165) is 5.56 Å². The molecule has 3 nitrogen and oxygen atoms in total. The van der Waals surface area contributed by atoms with E-state index >= 15 is 0 Å². The summed E-state index contributed by atoms with van der Waals surface area (Å²) >= 11 is 0. The molecule has 0 atom stereocenters. The van der Waals surface area contributed by atoms with E-state index in [1.165, 1.54) is 12.1 Å². The molecule has 1 aromatic carbocycles. The van der Waals surface area contributed by atoms with Gasteiger partial charge in [0.1, 0.15) is 5.82 Å². The van der Waals surface area contributed by atoms with Crippen molar-refractivity contribution in [1.82, 2.24) is 5.32 Å². The molecule has 1 amide bonds. The lowest BCUT2D eigenvalue weighted by atomic mass is 9.86. The molecule has 0 saturated heterocycles.